The molecule has 0 radical (unpaired) electrons. The van der Waals surface area contributed by atoms with Crippen molar-refractivity contribution in [2.45, 2.75) is 26.5 Å². The van der Waals surface area contributed by atoms with Crippen LogP contribution in [0.4, 0.5) is 5.69 Å². The fourth-order valence-electron chi connectivity index (χ4n) is 2.11. The van der Waals surface area contributed by atoms with Crippen LogP contribution in [0, 0.1) is 20.8 Å². The molecule has 2 aromatic carbocycles. The molecule has 0 heterocycles. The van der Waals surface area contributed by atoms with E-state index in [1.54, 1.807) is 0 Å². The first kappa shape index (κ1) is 17.8. The van der Waals surface area contributed by atoms with Crippen molar-refractivity contribution < 1.29 is 0 Å². The summed E-state index contributed by atoms with van der Waals surface area (Å²) in [4.78, 5) is 0. The first-order chi connectivity index (χ1) is 11.0. The molecule has 0 saturated carbocycles. The summed E-state index contributed by atoms with van der Waals surface area (Å²) >= 11 is 7.25. The summed E-state index contributed by atoms with van der Waals surface area (Å²) in [7, 11) is 0. The second-order valence-corrected chi connectivity index (χ2v) is 7.23. The van der Waals surface area contributed by atoms with Crippen molar-refractivity contribution in [2.75, 3.05) is 17.6 Å². The molecule has 4 heteroatoms. The van der Waals surface area contributed by atoms with Gasteiger partial charge in [-0.25, -0.2) is 0 Å². The lowest BCUT2D eigenvalue weighted by atomic mass is 10.1. The number of benzene rings is 2. The van der Waals surface area contributed by atoms with Crippen LogP contribution in [0.25, 0.3) is 0 Å². The Morgan fingerprint density at radius 3 is 2.43 bits per heavy atom. The van der Waals surface area contributed by atoms with Gasteiger partial charge in [-0.15, -0.1) is 0 Å². The quantitative estimate of drug-likeness (QED) is 0.579. The molecule has 0 aromatic heterocycles. The Balaban J connectivity index is 1.64. The first-order valence-corrected chi connectivity index (χ1v) is 9.36. The zero-order valence-corrected chi connectivity index (χ0v) is 15.6. The topological polar surface area (TPSA) is 24.1 Å². The molecule has 0 aliphatic carbocycles. The lowest BCUT2D eigenvalue weighted by Gasteiger charge is -2.11. The average molecular weight is 345 g/mol. The highest BCUT2D eigenvalue weighted by molar-refractivity contribution is 7.98. The average Bonchev–Trinajstić information content (AvgIpc) is 2.52. The van der Waals surface area contributed by atoms with Crippen molar-refractivity contribution in [1.29, 1.82) is 0 Å². The number of aryl methyl sites for hydroxylation is 3. The van der Waals surface area contributed by atoms with E-state index in [9.17, 15) is 0 Å². The predicted octanol–water partition coefficient (Wildman–Crippen LogP) is 4.83. The maximum absolute atomic E-state index is 5.34. The normalized spacial score (nSPS) is 10.4. The van der Waals surface area contributed by atoms with Crippen molar-refractivity contribution in [3.8, 4) is 0 Å². The van der Waals surface area contributed by atoms with Gasteiger partial charge in [-0.3, -0.25) is 0 Å². The molecule has 0 spiro atoms. The Bertz CT molecular complexity index is 651. The van der Waals surface area contributed by atoms with Gasteiger partial charge in [0.15, 0.2) is 5.11 Å². The van der Waals surface area contributed by atoms with Gasteiger partial charge in [0.05, 0.1) is 0 Å². The summed E-state index contributed by atoms with van der Waals surface area (Å²) in [6, 6.07) is 15.0. The van der Waals surface area contributed by atoms with Crippen molar-refractivity contribution in [1.82, 2.24) is 5.32 Å². The molecule has 2 rings (SSSR count). The number of anilines is 1. The van der Waals surface area contributed by atoms with Crippen LogP contribution < -0.4 is 10.6 Å². The van der Waals surface area contributed by atoms with Gasteiger partial charge >= 0.3 is 0 Å². The molecular formula is C19H24N2S2. The van der Waals surface area contributed by atoms with E-state index in [4.69, 9.17) is 12.2 Å². The van der Waals surface area contributed by atoms with Gasteiger partial charge in [0.2, 0.25) is 0 Å². The standard InChI is InChI=1S/C19H24N2S2/c1-14-4-7-17(8-5-14)13-23-11-10-20-19(22)21-18-9-6-15(2)16(3)12-18/h4-9,12H,10-11,13H2,1-3H3,(H2,20,21,22). The molecule has 0 saturated heterocycles. The van der Waals surface area contributed by atoms with Crippen LogP contribution >= 0.6 is 24.0 Å². The molecule has 0 aliphatic heterocycles. The Labute approximate surface area is 149 Å². The largest absolute Gasteiger partial charge is 0.362 e. The Morgan fingerprint density at radius 2 is 1.74 bits per heavy atom. The van der Waals surface area contributed by atoms with Crippen molar-refractivity contribution in [3.05, 3.63) is 64.7 Å². The number of thioether (sulfide) groups is 1. The molecular weight excluding hydrogens is 320 g/mol. The van der Waals surface area contributed by atoms with E-state index in [2.05, 4.69) is 73.9 Å². The summed E-state index contributed by atoms with van der Waals surface area (Å²) < 4.78 is 0. The smallest absolute Gasteiger partial charge is 0.170 e. The van der Waals surface area contributed by atoms with Crippen LogP contribution in [0.1, 0.15) is 22.3 Å². The van der Waals surface area contributed by atoms with E-state index in [1.807, 2.05) is 11.8 Å². The van der Waals surface area contributed by atoms with E-state index < -0.39 is 0 Å². The molecule has 0 amide bonds. The predicted molar refractivity (Wildman–Crippen MR) is 107 cm³/mol. The zero-order valence-electron chi connectivity index (χ0n) is 14.0. The highest BCUT2D eigenvalue weighted by Crippen LogP contribution is 2.14. The number of hydrogen-bond donors (Lipinski definition) is 2. The van der Waals surface area contributed by atoms with E-state index in [0.29, 0.717) is 5.11 Å². The van der Waals surface area contributed by atoms with Gasteiger partial charge in [-0.2, -0.15) is 11.8 Å². The molecule has 2 N–H and O–H groups in total. The molecule has 0 atom stereocenters. The van der Waals surface area contributed by atoms with Crippen LogP contribution in [0.15, 0.2) is 42.5 Å². The number of thiocarbonyl (C=S) groups is 1. The maximum atomic E-state index is 5.34. The second kappa shape index (κ2) is 8.94. The van der Waals surface area contributed by atoms with E-state index >= 15 is 0 Å². The van der Waals surface area contributed by atoms with E-state index in [0.717, 1.165) is 23.7 Å². The molecule has 2 nitrogen and oxygen atoms in total. The molecule has 0 bridgehead atoms. The van der Waals surface area contributed by atoms with Crippen LogP contribution in [0.2, 0.25) is 0 Å². The summed E-state index contributed by atoms with van der Waals surface area (Å²) in [5, 5.41) is 7.18. The van der Waals surface area contributed by atoms with Crippen LogP contribution in [0.3, 0.4) is 0 Å². The third kappa shape index (κ3) is 6.24. The molecule has 0 unspecified atom stereocenters. The SMILES string of the molecule is Cc1ccc(CSCCNC(=S)Nc2ccc(C)c(C)c2)cc1. The van der Waals surface area contributed by atoms with Gasteiger partial charge in [0.25, 0.3) is 0 Å². The zero-order chi connectivity index (χ0) is 16.7. The third-order valence-corrected chi connectivity index (χ3v) is 4.96. The minimum Gasteiger partial charge on any atom is -0.362 e. The Kier molecular flexibility index (Phi) is 6.93. The first-order valence-electron chi connectivity index (χ1n) is 7.80. The number of nitrogens with one attached hydrogen (secondary N) is 2. The Morgan fingerprint density at radius 1 is 1.00 bits per heavy atom. The lowest BCUT2D eigenvalue weighted by Crippen LogP contribution is -2.30. The fourth-order valence-corrected chi connectivity index (χ4v) is 3.14. The van der Waals surface area contributed by atoms with Crippen molar-refractivity contribution >= 4 is 34.8 Å². The monoisotopic (exact) mass is 344 g/mol. The van der Waals surface area contributed by atoms with E-state index in [1.165, 1.54) is 22.3 Å². The third-order valence-electron chi connectivity index (χ3n) is 3.69. The van der Waals surface area contributed by atoms with Gasteiger partial charge in [-0.1, -0.05) is 35.9 Å². The number of hydrogen-bond acceptors (Lipinski definition) is 2. The summed E-state index contributed by atoms with van der Waals surface area (Å²) in [6.45, 7) is 7.21. The Hall–Kier alpha value is -1.52. The van der Waals surface area contributed by atoms with Crippen molar-refractivity contribution in [3.63, 3.8) is 0 Å². The minimum absolute atomic E-state index is 0.684. The highest BCUT2D eigenvalue weighted by atomic mass is 32.2. The second-order valence-electron chi connectivity index (χ2n) is 5.72. The van der Waals surface area contributed by atoms with Crippen LogP contribution in [-0.4, -0.2) is 17.4 Å². The van der Waals surface area contributed by atoms with Crippen LogP contribution in [-0.2, 0) is 5.75 Å². The van der Waals surface area contributed by atoms with Gasteiger partial charge < -0.3 is 10.6 Å². The summed E-state index contributed by atoms with van der Waals surface area (Å²) in [5.74, 6) is 2.07. The summed E-state index contributed by atoms with van der Waals surface area (Å²) in [5.41, 5.74) is 6.28. The fraction of sp³-hybridized carbons (Fsp3) is 0.316. The van der Waals surface area contributed by atoms with Gasteiger partial charge in [-0.05, 0) is 61.8 Å². The lowest BCUT2D eigenvalue weighted by molar-refractivity contribution is 0.989. The minimum atomic E-state index is 0.684. The summed E-state index contributed by atoms with van der Waals surface area (Å²) in [6.07, 6.45) is 0. The van der Waals surface area contributed by atoms with Gasteiger partial charge in [0, 0.05) is 23.7 Å². The van der Waals surface area contributed by atoms with E-state index in [-0.39, 0.29) is 0 Å². The number of rotatable bonds is 6. The van der Waals surface area contributed by atoms with Crippen LogP contribution in [0.5, 0.6) is 0 Å². The maximum Gasteiger partial charge on any atom is 0.170 e. The molecule has 0 aliphatic rings. The van der Waals surface area contributed by atoms with Crippen molar-refractivity contribution in [2.24, 2.45) is 0 Å². The molecule has 23 heavy (non-hydrogen) atoms. The molecule has 2 aromatic rings. The highest BCUT2D eigenvalue weighted by Gasteiger charge is 2.00. The molecule has 0 fully saturated rings. The molecule has 122 valence electrons. The van der Waals surface area contributed by atoms with Gasteiger partial charge in [0.1, 0.15) is 0 Å².